The van der Waals surface area contributed by atoms with E-state index in [1.165, 1.54) is 5.56 Å². The van der Waals surface area contributed by atoms with Crippen LogP contribution in [-0.4, -0.2) is 37.0 Å². The van der Waals surface area contributed by atoms with Gasteiger partial charge in [-0.05, 0) is 51.3 Å². The van der Waals surface area contributed by atoms with Crippen LogP contribution in [-0.2, 0) is 4.74 Å². The second-order valence-corrected chi connectivity index (χ2v) is 7.31. The van der Waals surface area contributed by atoms with E-state index in [4.69, 9.17) is 9.47 Å². The van der Waals surface area contributed by atoms with Crippen LogP contribution >= 0.6 is 0 Å². The monoisotopic (exact) mass is 365 g/mol. The number of carbonyl (C=O) groups excluding carboxylic acids is 2. The van der Waals surface area contributed by atoms with Crippen molar-refractivity contribution in [2.45, 2.75) is 59.3 Å². The predicted molar refractivity (Wildman–Crippen MR) is 101 cm³/mol. The number of urea groups is 1. The van der Waals surface area contributed by atoms with E-state index < -0.39 is 17.9 Å². The number of ether oxygens (including phenoxy) is 2. The van der Waals surface area contributed by atoms with Crippen LogP contribution in [0.3, 0.4) is 0 Å². The molecule has 0 spiro atoms. The van der Waals surface area contributed by atoms with Crippen molar-refractivity contribution in [3.63, 3.8) is 0 Å². The van der Waals surface area contributed by atoms with Crippen molar-refractivity contribution in [1.29, 1.82) is 0 Å². The molecule has 0 bridgehead atoms. The Labute approximate surface area is 155 Å². The molecule has 1 unspecified atom stereocenters. The summed E-state index contributed by atoms with van der Waals surface area (Å²) in [5.74, 6) is 1.15. The van der Waals surface area contributed by atoms with Crippen LogP contribution in [0.1, 0.15) is 53.0 Å². The maximum absolute atomic E-state index is 11.8. The van der Waals surface area contributed by atoms with Crippen LogP contribution in [0.4, 0.5) is 9.59 Å². The first-order valence-corrected chi connectivity index (χ1v) is 8.84. The highest BCUT2D eigenvalue weighted by Crippen LogP contribution is 2.19. The van der Waals surface area contributed by atoms with Gasteiger partial charge in [-0.1, -0.05) is 26.0 Å². The molecule has 0 heterocycles. The van der Waals surface area contributed by atoms with Crippen LogP contribution in [0.25, 0.3) is 0 Å². The summed E-state index contributed by atoms with van der Waals surface area (Å²) in [7, 11) is 0. The van der Waals surface area contributed by atoms with Gasteiger partial charge in [-0.15, -0.1) is 0 Å². The average molecular weight is 365 g/mol. The fraction of sp³-hybridized carbons (Fsp3) is 0.579. The molecular formula is C19H31N3O4. The van der Waals surface area contributed by atoms with E-state index in [-0.39, 0.29) is 19.1 Å². The fourth-order valence-electron chi connectivity index (χ4n) is 2.06. The van der Waals surface area contributed by atoms with Crippen molar-refractivity contribution in [2.24, 2.45) is 0 Å². The minimum atomic E-state index is -0.547. The lowest BCUT2D eigenvalue weighted by Crippen LogP contribution is -2.45. The summed E-state index contributed by atoms with van der Waals surface area (Å²) < 4.78 is 10.8. The Bertz CT molecular complexity index is 579. The van der Waals surface area contributed by atoms with Gasteiger partial charge in [0.15, 0.2) is 6.23 Å². The molecule has 0 aromatic heterocycles. The first kappa shape index (κ1) is 21.6. The molecule has 7 heteroatoms. The maximum atomic E-state index is 11.8. The summed E-state index contributed by atoms with van der Waals surface area (Å²) in [6.07, 6.45) is -1.00. The summed E-state index contributed by atoms with van der Waals surface area (Å²) in [4.78, 5) is 23.3. The second kappa shape index (κ2) is 9.89. The molecule has 1 aromatic rings. The van der Waals surface area contributed by atoms with Crippen molar-refractivity contribution >= 4 is 12.1 Å². The SMILES string of the molecule is CC(NC(=O)NCCNC(=O)OC(C)(C)C)Oc1ccc(C(C)C)cc1. The molecule has 7 nitrogen and oxygen atoms in total. The third kappa shape index (κ3) is 9.15. The van der Waals surface area contributed by atoms with Crippen LogP contribution in [0, 0.1) is 0 Å². The highest BCUT2D eigenvalue weighted by atomic mass is 16.6. The van der Waals surface area contributed by atoms with Gasteiger partial charge in [0, 0.05) is 13.1 Å². The Morgan fingerprint density at radius 2 is 1.58 bits per heavy atom. The van der Waals surface area contributed by atoms with Gasteiger partial charge in [0.2, 0.25) is 0 Å². The van der Waals surface area contributed by atoms with E-state index in [1.54, 1.807) is 27.7 Å². The van der Waals surface area contributed by atoms with Gasteiger partial charge < -0.3 is 25.4 Å². The number of hydrogen-bond donors (Lipinski definition) is 3. The minimum Gasteiger partial charge on any atom is -0.471 e. The van der Waals surface area contributed by atoms with E-state index >= 15 is 0 Å². The fourth-order valence-corrected chi connectivity index (χ4v) is 2.06. The quantitative estimate of drug-likeness (QED) is 0.511. The topological polar surface area (TPSA) is 88.7 Å². The van der Waals surface area contributed by atoms with E-state index in [0.717, 1.165) is 0 Å². The third-order valence-corrected chi connectivity index (χ3v) is 3.27. The molecule has 1 rings (SSSR count). The zero-order chi connectivity index (χ0) is 19.7. The molecule has 0 saturated carbocycles. The molecular weight excluding hydrogens is 334 g/mol. The lowest BCUT2D eigenvalue weighted by atomic mass is 10.0. The number of alkyl carbamates (subject to hydrolysis) is 1. The summed E-state index contributed by atoms with van der Waals surface area (Å²) in [5.41, 5.74) is 0.683. The molecule has 0 aliphatic rings. The number of rotatable bonds is 7. The smallest absolute Gasteiger partial charge is 0.407 e. The number of hydrogen-bond acceptors (Lipinski definition) is 4. The molecule has 0 fully saturated rings. The van der Waals surface area contributed by atoms with Gasteiger partial charge in [-0.25, -0.2) is 9.59 Å². The Balaban J connectivity index is 2.25. The standard InChI is InChI=1S/C19H31N3O4/c1-13(2)15-7-9-16(10-8-15)25-14(3)22-17(23)20-11-12-21-18(24)26-19(4,5)6/h7-10,13-14H,11-12H2,1-6H3,(H,21,24)(H2,20,22,23). The molecule has 26 heavy (non-hydrogen) atoms. The predicted octanol–water partition coefficient (Wildman–Crippen LogP) is 3.36. The van der Waals surface area contributed by atoms with Crippen molar-refractivity contribution in [1.82, 2.24) is 16.0 Å². The first-order chi connectivity index (χ1) is 12.1. The number of benzene rings is 1. The van der Waals surface area contributed by atoms with Crippen LogP contribution in [0.15, 0.2) is 24.3 Å². The molecule has 0 aliphatic heterocycles. The molecule has 146 valence electrons. The first-order valence-electron chi connectivity index (χ1n) is 8.84. The molecule has 1 aromatic carbocycles. The zero-order valence-corrected chi connectivity index (χ0v) is 16.5. The Morgan fingerprint density at radius 3 is 2.12 bits per heavy atom. The molecule has 3 N–H and O–H groups in total. The van der Waals surface area contributed by atoms with Gasteiger partial charge >= 0.3 is 12.1 Å². The van der Waals surface area contributed by atoms with Gasteiger partial charge in [0.25, 0.3) is 0 Å². The summed E-state index contributed by atoms with van der Waals surface area (Å²) in [6.45, 7) is 11.9. The molecule has 3 amide bonds. The molecule has 0 radical (unpaired) electrons. The normalized spacial score (nSPS) is 12.3. The van der Waals surface area contributed by atoms with Crippen molar-refractivity contribution in [3.05, 3.63) is 29.8 Å². The van der Waals surface area contributed by atoms with Crippen LogP contribution in [0.5, 0.6) is 5.75 Å². The van der Waals surface area contributed by atoms with Gasteiger partial charge in [0.1, 0.15) is 11.4 Å². The average Bonchev–Trinajstić information content (AvgIpc) is 2.50. The van der Waals surface area contributed by atoms with E-state index in [9.17, 15) is 9.59 Å². The highest BCUT2D eigenvalue weighted by Gasteiger charge is 2.15. The Morgan fingerprint density at radius 1 is 1.00 bits per heavy atom. The van der Waals surface area contributed by atoms with E-state index in [0.29, 0.717) is 11.7 Å². The van der Waals surface area contributed by atoms with Crippen molar-refractivity contribution < 1.29 is 19.1 Å². The second-order valence-electron chi connectivity index (χ2n) is 7.31. The molecule has 0 saturated heterocycles. The van der Waals surface area contributed by atoms with Crippen molar-refractivity contribution in [2.75, 3.05) is 13.1 Å². The lowest BCUT2D eigenvalue weighted by molar-refractivity contribution is 0.0528. The highest BCUT2D eigenvalue weighted by molar-refractivity contribution is 5.74. The van der Waals surface area contributed by atoms with E-state index in [2.05, 4.69) is 29.8 Å². The summed E-state index contributed by atoms with van der Waals surface area (Å²) >= 11 is 0. The summed E-state index contributed by atoms with van der Waals surface area (Å²) in [6, 6.07) is 7.42. The Hall–Kier alpha value is -2.44. The van der Waals surface area contributed by atoms with Crippen LogP contribution < -0.4 is 20.7 Å². The number of carbonyl (C=O) groups is 2. The van der Waals surface area contributed by atoms with Gasteiger partial charge in [-0.3, -0.25) is 0 Å². The van der Waals surface area contributed by atoms with Gasteiger partial charge in [0.05, 0.1) is 0 Å². The Kier molecular flexibility index (Phi) is 8.22. The number of nitrogens with one attached hydrogen (secondary N) is 3. The zero-order valence-electron chi connectivity index (χ0n) is 16.5. The number of amides is 3. The third-order valence-electron chi connectivity index (χ3n) is 3.27. The van der Waals surface area contributed by atoms with Crippen LogP contribution in [0.2, 0.25) is 0 Å². The van der Waals surface area contributed by atoms with Gasteiger partial charge in [-0.2, -0.15) is 0 Å². The lowest BCUT2D eigenvalue weighted by Gasteiger charge is -2.20. The van der Waals surface area contributed by atoms with Crippen molar-refractivity contribution in [3.8, 4) is 5.75 Å². The minimum absolute atomic E-state index is 0.272. The maximum Gasteiger partial charge on any atom is 0.407 e. The summed E-state index contributed by atoms with van der Waals surface area (Å²) in [5, 5.41) is 7.88. The van der Waals surface area contributed by atoms with E-state index in [1.807, 2.05) is 24.3 Å². The largest absolute Gasteiger partial charge is 0.471 e. The molecule has 0 aliphatic carbocycles. The molecule has 1 atom stereocenters.